The third-order valence-corrected chi connectivity index (χ3v) is 6.11. The van der Waals surface area contributed by atoms with Gasteiger partial charge in [0, 0.05) is 22.6 Å². The van der Waals surface area contributed by atoms with E-state index >= 15 is 0 Å². The maximum Gasteiger partial charge on any atom is 0.251 e. The monoisotopic (exact) mass is 492 g/mol. The Morgan fingerprint density at radius 1 is 1.00 bits per heavy atom. The van der Waals surface area contributed by atoms with Crippen molar-refractivity contribution in [3.63, 3.8) is 0 Å². The highest BCUT2D eigenvalue weighted by atomic mass is 35.5. The molecule has 4 rings (SSSR count). The lowest BCUT2D eigenvalue weighted by Crippen LogP contribution is -2.45. The van der Waals surface area contributed by atoms with Crippen LogP contribution in [0.25, 0.3) is 10.6 Å². The second kappa shape index (κ2) is 10.9. The molecule has 34 heavy (non-hydrogen) atoms. The first-order valence-electron chi connectivity index (χ1n) is 10.4. The summed E-state index contributed by atoms with van der Waals surface area (Å²) in [6.07, 6.45) is 0.314. The predicted molar refractivity (Wildman–Crippen MR) is 133 cm³/mol. The molecule has 1 aromatic heterocycles. The number of rotatable bonds is 8. The first-order valence-corrected chi connectivity index (χ1v) is 11.6. The second-order valence-electron chi connectivity index (χ2n) is 7.36. The second-order valence-corrected chi connectivity index (χ2v) is 8.77. The standard InChI is InChI=1S/C25H21ClN4O3S/c1-33-20-12-10-17(11-13-20)22(31)27-21(14-16-6-3-2-4-7-16)23(32)28-25-30-29-24(34-25)18-8-5-9-19(26)15-18/h2-13,15,21H,14H2,1H3,(H,27,31)(H,28,30,32). The molecule has 0 fully saturated rings. The number of carbonyl (C=O) groups excluding carboxylic acids is 2. The van der Waals surface area contributed by atoms with Crippen molar-refractivity contribution in [1.82, 2.24) is 15.5 Å². The van der Waals surface area contributed by atoms with E-state index < -0.39 is 6.04 Å². The summed E-state index contributed by atoms with van der Waals surface area (Å²) in [5, 5.41) is 15.4. The average molecular weight is 493 g/mol. The summed E-state index contributed by atoms with van der Waals surface area (Å²) >= 11 is 7.29. The van der Waals surface area contributed by atoms with E-state index in [9.17, 15) is 9.59 Å². The van der Waals surface area contributed by atoms with E-state index in [1.54, 1.807) is 43.5 Å². The Morgan fingerprint density at radius 2 is 1.76 bits per heavy atom. The Balaban J connectivity index is 1.51. The molecule has 0 bridgehead atoms. The number of aromatic nitrogens is 2. The Hall–Kier alpha value is -3.75. The lowest BCUT2D eigenvalue weighted by Gasteiger charge is -2.18. The van der Waals surface area contributed by atoms with Crippen molar-refractivity contribution in [2.45, 2.75) is 12.5 Å². The number of nitrogens with zero attached hydrogens (tertiary/aromatic N) is 2. The van der Waals surface area contributed by atoms with Crippen LogP contribution in [0.4, 0.5) is 5.13 Å². The van der Waals surface area contributed by atoms with Crippen molar-refractivity contribution < 1.29 is 14.3 Å². The van der Waals surface area contributed by atoms with Crippen molar-refractivity contribution in [2.75, 3.05) is 12.4 Å². The summed E-state index contributed by atoms with van der Waals surface area (Å²) in [7, 11) is 1.56. The molecule has 1 heterocycles. The number of carbonyl (C=O) groups is 2. The van der Waals surface area contributed by atoms with E-state index in [2.05, 4.69) is 20.8 Å². The van der Waals surface area contributed by atoms with Crippen LogP contribution in [0.5, 0.6) is 5.75 Å². The number of hydrogen-bond donors (Lipinski definition) is 2. The lowest BCUT2D eigenvalue weighted by atomic mass is 10.0. The molecule has 0 aliphatic heterocycles. The number of methoxy groups -OCH3 is 1. The third kappa shape index (κ3) is 5.98. The molecule has 0 aliphatic rings. The van der Waals surface area contributed by atoms with Gasteiger partial charge in [-0.2, -0.15) is 0 Å². The molecule has 1 atom stereocenters. The van der Waals surface area contributed by atoms with Crippen LogP contribution in [0, 0.1) is 0 Å². The molecule has 3 aromatic carbocycles. The molecule has 0 saturated carbocycles. The molecule has 0 aliphatic carbocycles. The maximum atomic E-state index is 13.2. The molecule has 172 valence electrons. The van der Waals surface area contributed by atoms with Gasteiger partial charge in [0.15, 0.2) is 0 Å². The van der Waals surface area contributed by atoms with Gasteiger partial charge < -0.3 is 10.1 Å². The summed E-state index contributed by atoms with van der Waals surface area (Å²) in [6, 6.07) is 22.6. The summed E-state index contributed by atoms with van der Waals surface area (Å²) in [6.45, 7) is 0. The van der Waals surface area contributed by atoms with E-state index in [1.165, 1.54) is 11.3 Å². The number of ether oxygens (including phenoxy) is 1. The number of benzene rings is 3. The molecule has 4 aromatic rings. The van der Waals surface area contributed by atoms with Crippen molar-refractivity contribution in [3.8, 4) is 16.3 Å². The largest absolute Gasteiger partial charge is 0.497 e. The fraction of sp³-hybridized carbons (Fsp3) is 0.120. The Labute approximate surface area is 205 Å². The molecule has 0 radical (unpaired) electrons. The van der Waals surface area contributed by atoms with Gasteiger partial charge in [-0.1, -0.05) is 65.4 Å². The van der Waals surface area contributed by atoms with E-state index in [0.29, 0.717) is 32.9 Å². The van der Waals surface area contributed by atoms with Crippen LogP contribution in [0.2, 0.25) is 5.02 Å². The quantitative estimate of drug-likeness (QED) is 0.367. The van der Waals surface area contributed by atoms with Gasteiger partial charge in [0.25, 0.3) is 5.91 Å². The Morgan fingerprint density at radius 3 is 2.47 bits per heavy atom. The number of amides is 2. The number of halogens is 1. The molecular formula is C25H21ClN4O3S. The smallest absolute Gasteiger partial charge is 0.251 e. The van der Waals surface area contributed by atoms with Crippen LogP contribution in [0.1, 0.15) is 15.9 Å². The Kier molecular flexibility index (Phi) is 7.51. The number of hydrogen-bond acceptors (Lipinski definition) is 6. The average Bonchev–Trinajstić information content (AvgIpc) is 3.33. The zero-order valence-corrected chi connectivity index (χ0v) is 19.8. The van der Waals surface area contributed by atoms with Crippen LogP contribution in [0.3, 0.4) is 0 Å². The van der Waals surface area contributed by atoms with Gasteiger partial charge in [0.05, 0.1) is 7.11 Å². The maximum absolute atomic E-state index is 13.2. The molecule has 7 nitrogen and oxygen atoms in total. The fourth-order valence-electron chi connectivity index (χ4n) is 3.25. The van der Waals surface area contributed by atoms with Gasteiger partial charge in [-0.05, 0) is 42.0 Å². The zero-order valence-electron chi connectivity index (χ0n) is 18.2. The first-order chi connectivity index (χ1) is 16.5. The molecule has 2 amide bonds. The number of anilines is 1. The minimum absolute atomic E-state index is 0.314. The summed E-state index contributed by atoms with van der Waals surface area (Å²) in [5.74, 6) is -0.114. The minimum atomic E-state index is -0.824. The van der Waals surface area contributed by atoms with E-state index in [0.717, 1.165) is 11.1 Å². The van der Waals surface area contributed by atoms with E-state index in [4.69, 9.17) is 16.3 Å². The number of nitrogens with one attached hydrogen (secondary N) is 2. The molecule has 2 N–H and O–H groups in total. The van der Waals surface area contributed by atoms with Crippen molar-refractivity contribution in [1.29, 1.82) is 0 Å². The molecule has 0 saturated heterocycles. The third-order valence-electron chi connectivity index (χ3n) is 4.98. The SMILES string of the molecule is COc1ccc(C(=O)NC(Cc2ccccc2)C(=O)Nc2nnc(-c3cccc(Cl)c3)s2)cc1. The normalized spacial score (nSPS) is 11.5. The summed E-state index contributed by atoms with van der Waals surface area (Å²) in [4.78, 5) is 26.0. The van der Waals surface area contributed by atoms with Crippen LogP contribution in [0.15, 0.2) is 78.9 Å². The highest BCUT2D eigenvalue weighted by Gasteiger charge is 2.23. The summed E-state index contributed by atoms with van der Waals surface area (Å²) in [5.41, 5.74) is 2.14. The molecule has 1 unspecified atom stereocenters. The highest BCUT2D eigenvalue weighted by Crippen LogP contribution is 2.28. The van der Waals surface area contributed by atoms with E-state index in [1.807, 2.05) is 42.5 Å². The van der Waals surface area contributed by atoms with Gasteiger partial charge >= 0.3 is 0 Å². The highest BCUT2D eigenvalue weighted by molar-refractivity contribution is 7.18. The molecular weight excluding hydrogens is 472 g/mol. The van der Waals surface area contributed by atoms with Crippen molar-refractivity contribution in [3.05, 3.63) is 95.0 Å². The summed E-state index contributed by atoms with van der Waals surface area (Å²) < 4.78 is 5.14. The topological polar surface area (TPSA) is 93.2 Å². The molecule has 9 heteroatoms. The van der Waals surface area contributed by atoms with Gasteiger partial charge in [0.1, 0.15) is 16.8 Å². The van der Waals surface area contributed by atoms with Gasteiger partial charge in [-0.3, -0.25) is 14.9 Å². The van der Waals surface area contributed by atoms with Gasteiger partial charge in [-0.25, -0.2) is 0 Å². The Bertz CT molecular complexity index is 1280. The van der Waals surface area contributed by atoms with E-state index in [-0.39, 0.29) is 11.8 Å². The van der Waals surface area contributed by atoms with Gasteiger partial charge in [-0.15, -0.1) is 10.2 Å². The fourth-order valence-corrected chi connectivity index (χ4v) is 4.18. The lowest BCUT2D eigenvalue weighted by molar-refractivity contribution is -0.118. The predicted octanol–water partition coefficient (Wildman–Crippen LogP) is 4.85. The van der Waals surface area contributed by atoms with Crippen LogP contribution in [-0.4, -0.2) is 35.2 Å². The zero-order chi connectivity index (χ0) is 23.9. The molecule has 0 spiro atoms. The minimum Gasteiger partial charge on any atom is -0.497 e. The van der Waals surface area contributed by atoms with Crippen molar-refractivity contribution >= 4 is 39.9 Å². The first kappa shape index (κ1) is 23.4. The van der Waals surface area contributed by atoms with Crippen LogP contribution >= 0.6 is 22.9 Å². The van der Waals surface area contributed by atoms with Crippen LogP contribution in [-0.2, 0) is 11.2 Å². The van der Waals surface area contributed by atoms with Crippen molar-refractivity contribution in [2.24, 2.45) is 0 Å². The van der Waals surface area contributed by atoms with Gasteiger partial charge in [0.2, 0.25) is 11.0 Å². The van der Waals surface area contributed by atoms with Crippen LogP contribution < -0.4 is 15.4 Å².